The van der Waals surface area contributed by atoms with Crippen LogP contribution in [0.1, 0.15) is 29.3 Å². The van der Waals surface area contributed by atoms with Gasteiger partial charge in [0.25, 0.3) is 0 Å². The van der Waals surface area contributed by atoms with Crippen molar-refractivity contribution in [1.29, 1.82) is 0 Å². The van der Waals surface area contributed by atoms with Crippen molar-refractivity contribution in [2.45, 2.75) is 20.3 Å². The summed E-state index contributed by atoms with van der Waals surface area (Å²) in [5.74, 6) is 0.295. The second-order valence-corrected chi connectivity index (χ2v) is 4.26. The Morgan fingerprint density at radius 2 is 2.29 bits per heavy atom. The summed E-state index contributed by atoms with van der Waals surface area (Å²) in [6, 6.07) is 0. The zero-order chi connectivity index (χ0) is 10.6. The quantitative estimate of drug-likeness (QED) is 0.701. The number of ether oxygens (including phenoxy) is 1. The van der Waals surface area contributed by atoms with Gasteiger partial charge in [0, 0.05) is 30.6 Å². The molecule has 0 saturated heterocycles. The molecule has 14 heavy (non-hydrogen) atoms. The Morgan fingerprint density at radius 1 is 1.57 bits per heavy atom. The second kappa shape index (κ2) is 5.27. The molecule has 0 aromatic carbocycles. The molecule has 0 saturated carbocycles. The van der Waals surface area contributed by atoms with Crippen molar-refractivity contribution in [2.24, 2.45) is 5.92 Å². The highest BCUT2D eigenvalue weighted by molar-refractivity contribution is 7.08. The Hall–Kier alpha value is -0.670. The van der Waals surface area contributed by atoms with E-state index in [1.807, 2.05) is 24.6 Å². The van der Waals surface area contributed by atoms with Crippen LogP contribution in [0.25, 0.3) is 0 Å². The molecular formula is C11H16O2S. The molecule has 0 aliphatic rings. The largest absolute Gasteiger partial charge is 0.385 e. The number of carbonyl (C=O) groups excluding carboxylic acids is 1. The average Bonchev–Trinajstić information content (AvgIpc) is 2.59. The number of aryl methyl sites for hydroxylation is 1. The van der Waals surface area contributed by atoms with Gasteiger partial charge in [0.1, 0.15) is 0 Å². The maximum Gasteiger partial charge on any atom is 0.166 e. The van der Waals surface area contributed by atoms with Gasteiger partial charge in [0.2, 0.25) is 0 Å². The summed E-state index contributed by atoms with van der Waals surface area (Å²) < 4.78 is 4.96. The molecule has 1 heterocycles. The normalized spacial score (nSPS) is 12.8. The first-order valence-corrected chi connectivity index (χ1v) is 5.67. The lowest BCUT2D eigenvalue weighted by atomic mass is 9.97. The molecule has 0 fully saturated rings. The molecule has 0 spiro atoms. The van der Waals surface area contributed by atoms with E-state index >= 15 is 0 Å². The molecule has 1 aromatic heterocycles. The predicted octanol–water partition coefficient (Wildman–Crippen LogP) is 2.91. The molecule has 78 valence electrons. The van der Waals surface area contributed by atoms with Crippen LogP contribution in [-0.4, -0.2) is 19.5 Å². The number of carbonyl (C=O) groups is 1. The van der Waals surface area contributed by atoms with Crippen molar-refractivity contribution in [2.75, 3.05) is 13.7 Å². The summed E-state index contributed by atoms with van der Waals surface area (Å²) in [6.45, 7) is 4.58. The van der Waals surface area contributed by atoms with Crippen LogP contribution in [0.2, 0.25) is 0 Å². The Kier molecular flexibility index (Phi) is 4.29. The lowest BCUT2D eigenvalue weighted by molar-refractivity contribution is 0.0893. The van der Waals surface area contributed by atoms with Gasteiger partial charge in [-0.2, -0.15) is 11.3 Å². The zero-order valence-electron chi connectivity index (χ0n) is 8.87. The van der Waals surface area contributed by atoms with Crippen LogP contribution >= 0.6 is 11.3 Å². The van der Waals surface area contributed by atoms with Crippen LogP contribution < -0.4 is 0 Å². The number of thiophene rings is 1. The molecule has 2 nitrogen and oxygen atoms in total. The van der Waals surface area contributed by atoms with Crippen molar-refractivity contribution in [3.05, 3.63) is 21.9 Å². The number of rotatable bonds is 5. The highest BCUT2D eigenvalue weighted by Crippen LogP contribution is 2.19. The van der Waals surface area contributed by atoms with E-state index in [0.29, 0.717) is 6.61 Å². The van der Waals surface area contributed by atoms with E-state index in [0.717, 1.165) is 17.5 Å². The maximum absolute atomic E-state index is 11.9. The number of hydrogen-bond donors (Lipinski definition) is 0. The Balaban J connectivity index is 2.61. The molecule has 1 aromatic rings. The number of hydrogen-bond acceptors (Lipinski definition) is 3. The smallest absolute Gasteiger partial charge is 0.166 e. The van der Waals surface area contributed by atoms with E-state index in [2.05, 4.69) is 0 Å². The minimum atomic E-state index is 0.0586. The first-order chi connectivity index (χ1) is 6.66. The van der Waals surface area contributed by atoms with Crippen molar-refractivity contribution >= 4 is 17.1 Å². The molecule has 0 bridgehead atoms. The molecule has 0 aliphatic heterocycles. The van der Waals surface area contributed by atoms with Gasteiger partial charge < -0.3 is 4.74 Å². The summed E-state index contributed by atoms with van der Waals surface area (Å²) in [6.07, 6.45) is 0.796. The van der Waals surface area contributed by atoms with Gasteiger partial charge in [-0.1, -0.05) is 6.92 Å². The fourth-order valence-electron chi connectivity index (χ4n) is 1.30. The molecule has 0 N–H and O–H groups in total. The Labute approximate surface area is 88.9 Å². The fourth-order valence-corrected chi connectivity index (χ4v) is 2.14. The van der Waals surface area contributed by atoms with Gasteiger partial charge in [-0.25, -0.2) is 0 Å². The minimum absolute atomic E-state index is 0.0586. The fraction of sp³-hybridized carbons (Fsp3) is 0.545. The molecule has 0 radical (unpaired) electrons. The van der Waals surface area contributed by atoms with Gasteiger partial charge >= 0.3 is 0 Å². The van der Waals surface area contributed by atoms with Crippen LogP contribution in [0.3, 0.4) is 0 Å². The topological polar surface area (TPSA) is 26.3 Å². The first-order valence-electron chi connectivity index (χ1n) is 4.72. The average molecular weight is 212 g/mol. The molecule has 1 atom stereocenters. The lowest BCUT2D eigenvalue weighted by Crippen LogP contribution is -2.13. The highest BCUT2D eigenvalue weighted by Gasteiger charge is 2.17. The van der Waals surface area contributed by atoms with Crippen molar-refractivity contribution in [3.63, 3.8) is 0 Å². The molecule has 3 heteroatoms. The van der Waals surface area contributed by atoms with Gasteiger partial charge in [0.05, 0.1) is 0 Å². The number of methoxy groups -OCH3 is 1. The van der Waals surface area contributed by atoms with Crippen LogP contribution in [0.5, 0.6) is 0 Å². The van der Waals surface area contributed by atoms with Crippen LogP contribution in [0.4, 0.5) is 0 Å². The SMILES string of the molecule is COCCC(C)C(=O)c1cscc1C. The van der Waals surface area contributed by atoms with E-state index in [1.165, 1.54) is 0 Å². The molecule has 0 aliphatic carbocycles. The van der Waals surface area contributed by atoms with Crippen LogP contribution in [-0.2, 0) is 4.74 Å². The summed E-state index contributed by atoms with van der Waals surface area (Å²) in [4.78, 5) is 11.9. The van der Waals surface area contributed by atoms with Crippen LogP contribution in [0, 0.1) is 12.8 Å². The van der Waals surface area contributed by atoms with Crippen molar-refractivity contribution < 1.29 is 9.53 Å². The van der Waals surface area contributed by atoms with E-state index in [4.69, 9.17) is 4.74 Å². The molecule has 1 rings (SSSR count). The monoisotopic (exact) mass is 212 g/mol. The molecule has 1 unspecified atom stereocenters. The van der Waals surface area contributed by atoms with E-state index < -0.39 is 0 Å². The minimum Gasteiger partial charge on any atom is -0.385 e. The van der Waals surface area contributed by atoms with Gasteiger partial charge in [-0.05, 0) is 24.3 Å². The third kappa shape index (κ3) is 2.66. The van der Waals surface area contributed by atoms with Crippen molar-refractivity contribution in [3.8, 4) is 0 Å². The summed E-state index contributed by atoms with van der Waals surface area (Å²) in [5.41, 5.74) is 1.96. The molecular weight excluding hydrogens is 196 g/mol. The first kappa shape index (κ1) is 11.4. The Bertz CT molecular complexity index is 304. The third-order valence-corrected chi connectivity index (χ3v) is 3.19. The molecule has 0 amide bonds. The predicted molar refractivity (Wildman–Crippen MR) is 59.0 cm³/mol. The zero-order valence-corrected chi connectivity index (χ0v) is 9.69. The van der Waals surface area contributed by atoms with Crippen molar-refractivity contribution in [1.82, 2.24) is 0 Å². The van der Waals surface area contributed by atoms with Gasteiger partial charge in [-0.3, -0.25) is 4.79 Å². The summed E-state index contributed by atoms with van der Waals surface area (Å²) in [5, 5.41) is 3.94. The summed E-state index contributed by atoms with van der Waals surface area (Å²) >= 11 is 1.58. The van der Waals surface area contributed by atoms with E-state index in [9.17, 15) is 4.79 Å². The van der Waals surface area contributed by atoms with Gasteiger partial charge in [-0.15, -0.1) is 0 Å². The van der Waals surface area contributed by atoms with Crippen LogP contribution in [0.15, 0.2) is 10.8 Å². The third-order valence-electron chi connectivity index (χ3n) is 2.32. The Morgan fingerprint density at radius 3 is 2.79 bits per heavy atom. The highest BCUT2D eigenvalue weighted by atomic mass is 32.1. The van der Waals surface area contributed by atoms with Gasteiger partial charge in [0.15, 0.2) is 5.78 Å². The lowest BCUT2D eigenvalue weighted by Gasteiger charge is -2.08. The second-order valence-electron chi connectivity index (χ2n) is 3.52. The number of Topliss-reactive ketones (excluding diaryl/α,β-unsaturated/α-hetero) is 1. The van der Waals surface area contributed by atoms with E-state index in [1.54, 1.807) is 18.4 Å². The number of ketones is 1. The summed E-state index contributed by atoms with van der Waals surface area (Å²) in [7, 11) is 1.66. The maximum atomic E-state index is 11.9. The standard InChI is InChI=1S/C11H16O2S/c1-8(4-5-13-3)11(12)10-7-14-6-9(10)2/h6-8H,4-5H2,1-3H3. The van der Waals surface area contributed by atoms with E-state index in [-0.39, 0.29) is 11.7 Å².